The van der Waals surface area contributed by atoms with Crippen LogP contribution in [0.1, 0.15) is 10.4 Å². The van der Waals surface area contributed by atoms with Gasteiger partial charge in [-0.25, -0.2) is 4.79 Å². The number of carbonyl (C=O) groups excluding carboxylic acids is 1. The van der Waals surface area contributed by atoms with Gasteiger partial charge in [0.1, 0.15) is 19.0 Å². The zero-order valence-electron chi connectivity index (χ0n) is 9.10. The molecule has 0 fully saturated rings. The summed E-state index contributed by atoms with van der Waals surface area (Å²) in [6, 6.07) is 4.90. The van der Waals surface area contributed by atoms with Crippen LogP contribution in [-0.2, 0) is 9.53 Å². The molecule has 5 nitrogen and oxygen atoms in total. The molecule has 1 aromatic carbocycles. The van der Waals surface area contributed by atoms with Gasteiger partial charge >= 0.3 is 5.97 Å². The van der Waals surface area contributed by atoms with Crippen LogP contribution in [-0.4, -0.2) is 37.2 Å². The molecule has 0 bridgehead atoms. The second-order valence-corrected chi connectivity index (χ2v) is 4.01. The lowest BCUT2D eigenvalue weighted by molar-refractivity contribution is -0.141. The molecule has 6 heteroatoms. The Balaban J connectivity index is 2.66. The van der Waals surface area contributed by atoms with E-state index in [1.54, 1.807) is 18.2 Å². The summed E-state index contributed by atoms with van der Waals surface area (Å²) < 4.78 is 10.3. The fourth-order valence-electron chi connectivity index (χ4n) is 1.16. The zero-order valence-corrected chi connectivity index (χ0v) is 10.7. The minimum atomic E-state index is -1.11. The van der Waals surface area contributed by atoms with Crippen LogP contribution in [0.5, 0.6) is 5.75 Å². The number of hydrogen-bond acceptors (Lipinski definition) is 4. The molecule has 17 heavy (non-hydrogen) atoms. The summed E-state index contributed by atoms with van der Waals surface area (Å²) in [5, 5.41) is 8.36. The largest absolute Gasteiger partial charge is 0.497 e. The highest BCUT2D eigenvalue weighted by atomic mass is 79.9. The van der Waals surface area contributed by atoms with Crippen molar-refractivity contribution in [3.8, 4) is 5.75 Å². The number of carboxylic acid groups (broad SMARTS) is 1. The van der Waals surface area contributed by atoms with E-state index in [-0.39, 0.29) is 12.4 Å². The van der Waals surface area contributed by atoms with Crippen molar-refractivity contribution in [2.24, 2.45) is 0 Å². The van der Waals surface area contributed by atoms with Gasteiger partial charge in [-0.2, -0.15) is 0 Å². The van der Waals surface area contributed by atoms with Gasteiger partial charge in [-0.15, -0.1) is 0 Å². The quantitative estimate of drug-likeness (QED) is 0.810. The van der Waals surface area contributed by atoms with Gasteiger partial charge in [0.15, 0.2) is 5.78 Å². The van der Waals surface area contributed by atoms with E-state index in [0.29, 0.717) is 15.8 Å². The van der Waals surface area contributed by atoms with E-state index in [9.17, 15) is 9.59 Å². The van der Waals surface area contributed by atoms with Crippen LogP contribution in [0.15, 0.2) is 22.7 Å². The number of benzene rings is 1. The average molecular weight is 303 g/mol. The highest BCUT2D eigenvalue weighted by Gasteiger charge is 2.11. The molecule has 0 spiro atoms. The molecule has 0 aliphatic rings. The summed E-state index contributed by atoms with van der Waals surface area (Å²) in [5.41, 5.74) is 0.427. The molecule has 0 aromatic heterocycles. The molecule has 1 rings (SSSR count). The number of ketones is 1. The van der Waals surface area contributed by atoms with Crippen LogP contribution in [0.2, 0.25) is 0 Å². The first kappa shape index (κ1) is 13.7. The standard InChI is InChI=1S/C11H11BrO5/c1-16-7-2-3-8(9(12)4-7)10(13)5-17-6-11(14)15/h2-4H,5-6H2,1H3,(H,14,15). The molecule has 0 radical (unpaired) electrons. The molecule has 0 saturated heterocycles. The van der Waals surface area contributed by atoms with E-state index < -0.39 is 12.6 Å². The summed E-state index contributed by atoms with van der Waals surface area (Å²) in [6.45, 7) is -0.753. The number of hydrogen-bond donors (Lipinski definition) is 1. The van der Waals surface area contributed by atoms with Crippen molar-refractivity contribution in [3.05, 3.63) is 28.2 Å². The Bertz CT molecular complexity index is 430. The smallest absolute Gasteiger partial charge is 0.329 e. The molecule has 0 aliphatic carbocycles. The van der Waals surface area contributed by atoms with Gasteiger partial charge < -0.3 is 14.6 Å². The Hall–Kier alpha value is -1.40. The highest BCUT2D eigenvalue weighted by Crippen LogP contribution is 2.23. The number of aliphatic carboxylic acids is 1. The lowest BCUT2D eigenvalue weighted by atomic mass is 10.1. The van der Waals surface area contributed by atoms with Crippen LogP contribution in [0, 0.1) is 0 Å². The third-order valence-electron chi connectivity index (χ3n) is 1.94. The average Bonchev–Trinajstić information content (AvgIpc) is 2.28. The molecular weight excluding hydrogens is 292 g/mol. The van der Waals surface area contributed by atoms with Crippen LogP contribution >= 0.6 is 15.9 Å². The number of rotatable bonds is 6. The first-order valence-electron chi connectivity index (χ1n) is 4.71. The van der Waals surface area contributed by atoms with Gasteiger partial charge in [0.25, 0.3) is 0 Å². The second-order valence-electron chi connectivity index (χ2n) is 3.16. The number of Topliss-reactive ketones (excluding diaryl/α,β-unsaturated/α-hetero) is 1. The minimum Gasteiger partial charge on any atom is -0.497 e. The normalized spacial score (nSPS) is 10.0. The van der Waals surface area contributed by atoms with Crippen molar-refractivity contribution in [2.75, 3.05) is 20.3 Å². The molecule has 0 amide bonds. The molecule has 0 unspecified atom stereocenters. The monoisotopic (exact) mass is 302 g/mol. The SMILES string of the molecule is COc1ccc(C(=O)COCC(=O)O)c(Br)c1. The van der Waals surface area contributed by atoms with Gasteiger partial charge in [-0.05, 0) is 34.1 Å². The maximum Gasteiger partial charge on any atom is 0.329 e. The lowest BCUT2D eigenvalue weighted by Crippen LogP contribution is -2.14. The Morgan fingerprint density at radius 1 is 1.35 bits per heavy atom. The minimum absolute atomic E-state index is 0.267. The van der Waals surface area contributed by atoms with Gasteiger partial charge in [-0.3, -0.25) is 4.79 Å². The molecule has 1 aromatic rings. The van der Waals surface area contributed by atoms with Gasteiger partial charge in [0.05, 0.1) is 7.11 Å². The summed E-state index contributed by atoms with van der Waals surface area (Å²) in [6.07, 6.45) is 0. The Labute approximate surface area is 106 Å². The van der Waals surface area contributed by atoms with Crippen molar-refractivity contribution in [1.29, 1.82) is 0 Å². The van der Waals surface area contributed by atoms with Crippen LogP contribution < -0.4 is 4.74 Å². The van der Waals surface area contributed by atoms with Gasteiger partial charge in [0.2, 0.25) is 0 Å². The Kier molecular flexibility index (Phi) is 5.11. The molecule has 1 N–H and O–H groups in total. The van der Waals surface area contributed by atoms with E-state index in [4.69, 9.17) is 14.6 Å². The fourth-order valence-corrected chi connectivity index (χ4v) is 1.74. The Morgan fingerprint density at radius 3 is 2.59 bits per heavy atom. The van der Waals surface area contributed by atoms with Crippen LogP contribution in [0.3, 0.4) is 0 Å². The van der Waals surface area contributed by atoms with Crippen molar-refractivity contribution >= 4 is 27.7 Å². The van der Waals surface area contributed by atoms with Crippen molar-refractivity contribution in [3.63, 3.8) is 0 Å². The predicted molar refractivity (Wildman–Crippen MR) is 63.5 cm³/mol. The summed E-state index contributed by atoms with van der Waals surface area (Å²) in [5.74, 6) is -0.771. The molecule has 0 heterocycles. The second kappa shape index (κ2) is 6.36. The summed E-state index contributed by atoms with van der Waals surface area (Å²) >= 11 is 3.24. The van der Waals surface area contributed by atoms with Crippen LogP contribution in [0.25, 0.3) is 0 Å². The number of halogens is 1. The first-order chi connectivity index (χ1) is 8.04. The van der Waals surface area contributed by atoms with Gasteiger partial charge in [-0.1, -0.05) is 0 Å². The fraction of sp³-hybridized carbons (Fsp3) is 0.273. The highest BCUT2D eigenvalue weighted by molar-refractivity contribution is 9.10. The maximum atomic E-state index is 11.7. The third kappa shape index (κ3) is 4.16. The zero-order chi connectivity index (χ0) is 12.8. The Morgan fingerprint density at radius 2 is 2.06 bits per heavy atom. The predicted octanol–water partition coefficient (Wildman–Crippen LogP) is 1.74. The summed E-state index contributed by atoms with van der Waals surface area (Å²) in [7, 11) is 1.53. The lowest BCUT2D eigenvalue weighted by Gasteiger charge is -2.06. The van der Waals surface area contributed by atoms with E-state index in [1.165, 1.54) is 7.11 Å². The molecule has 0 atom stereocenters. The van der Waals surface area contributed by atoms with E-state index >= 15 is 0 Å². The first-order valence-corrected chi connectivity index (χ1v) is 5.50. The van der Waals surface area contributed by atoms with Crippen molar-refractivity contribution in [1.82, 2.24) is 0 Å². The number of carboxylic acids is 1. The van der Waals surface area contributed by atoms with Gasteiger partial charge in [0, 0.05) is 10.0 Å². The topological polar surface area (TPSA) is 72.8 Å². The number of methoxy groups -OCH3 is 1. The molecule has 0 aliphatic heterocycles. The van der Waals surface area contributed by atoms with E-state index in [1.807, 2.05) is 0 Å². The van der Waals surface area contributed by atoms with Crippen molar-refractivity contribution in [2.45, 2.75) is 0 Å². The summed E-state index contributed by atoms with van der Waals surface area (Å²) in [4.78, 5) is 21.9. The molecule has 92 valence electrons. The molecular formula is C11H11BrO5. The third-order valence-corrected chi connectivity index (χ3v) is 2.59. The van der Waals surface area contributed by atoms with Crippen LogP contribution in [0.4, 0.5) is 0 Å². The van der Waals surface area contributed by atoms with E-state index in [0.717, 1.165) is 0 Å². The molecule has 0 saturated carbocycles. The number of ether oxygens (including phenoxy) is 2. The maximum absolute atomic E-state index is 11.7. The van der Waals surface area contributed by atoms with E-state index in [2.05, 4.69) is 15.9 Å². The van der Waals surface area contributed by atoms with Crippen molar-refractivity contribution < 1.29 is 24.2 Å². The number of carbonyl (C=O) groups is 2.